The highest BCUT2D eigenvalue weighted by molar-refractivity contribution is 6.30. The molecule has 0 aliphatic rings. The van der Waals surface area contributed by atoms with Crippen molar-refractivity contribution in [1.29, 1.82) is 0 Å². The van der Waals surface area contributed by atoms with Gasteiger partial charge in [0.25, 0.3) is 0 Å². The van der Waals surface area contributed by atoms with Crippen molar-refractivity contribution in [1.82, 2.24) is 4.57 Å². The van der Waals surface area contributed by atoms with E-state index >= 15 is 0 Å². The van der Waals surface area contributed by atoms with E-state index in [-0.39, 0.29) is 0 Å². The number of carboxylic acids is 1. The van der Waals surface area contributed by atoms with Crippen LogP contribution in [0.4, 0.5) is 0 Å². The Labute approximate surface area is 111 Å². The van der Waals surface area contributed by atoms with E-state index in [1.54, 1.807) is 10.6 Å². The van der Waals surface area contributed by atoms with Gasteiger partial charge in [0.15, 0.2) is 0 Å². The summed E-state index contributed by atoms with van der Waals surface area (Å²) in [5.41, 5.74) is 3.22. The molecule has 0 spiro atoms. The zero-order valence-corrected chi connectivity index (χ0v) is 11.0. The molecule has 0 amide bonds. The summed E-state index contributed by atoms with van der Waals surface area (Å²) < 4.78 is 1.78. The highest BCUT2D eigenvalue weighted by Crippen LogP contribution is 2.28. The standard InChI is InChI=1S/C14H14ClNO2/c1-3-16-12(6-7-13(16)14(17)18)11-8-10(15)5-4-9(11)2/h4-8H,3H2,1-2H3,(H,17,18). The lowest BCUT2D eigenvalue weighted by molar-refractivity contribution is 0.0685. The molecule has 0 atom stereocenters. The lowest BCUT2D eigenvalue weighted by Gasteiger charge is -2.11. The highest BCUT2D eigenvalue weighted by atomic mass is 35.5. The predicted molar refractivity (Wildman–Crippen MR) is 72.2 cm³/mol. The van der Waals surface area contributed by atoms with Gasteiger partial charge in [0.1, 0.15) is 5.69 Å². The fraction of sp³-hybridized carbons (Fsp3) is 0.214. The molecule has 1 N–H and O–H groups in total. The fourth-order valence-electron chi connectivity index (χ4n) is 2.10. The van der Waals surface area contributed by atoms with Gasteiger partial charge in [-0.1, -0.05) is 17.7 Å². The van der Waals surface area contributed by atoms with E-state index in [0.29, 0.717) is 17.3 Å². The van der Waals surface area contributed by atoms with Gasteiger partial charge in [-0.15, -0.1) is 0 Å². The van der Waals surface area contributed by atoms with E-state index in [1.165, 1.54) is 0 Å². The monoisotopic (exact) mass is 263 g/mol. The average Bonchev–Trinajstić information content (AvgIpc) is 2.75. The molecule has 2 aromatic rings. The number of nitrogens with zero attached hydrogens (tertiary/aromatic N) is 1. The van der Waals surface area contributed by atoms with Crippen molar-refractivity contribution in [2.24, 2.45) is 0 Å². The van der Waals surface area contributed by atoms with Gasteiger partial charge in [-0.25, -0.2) is 4.79 Å². The molecule has 0 saturated carbocycles. The molecule has 1 aromatic heterocycles. The summed E-state index contributed by atoms with van der Waals surface area (Å²) >= 11 is 6.01. The fourth-order valence-corrected chi connectivity index (χ4v) is 2.27. The second-order valence-electron chi connectivity index (χ2n) is 4.11. The van der Waals surface area contributed by atoms with Gasteiger partial charge < -0.3 is 9.67 Å². The van der Waals surface area contributed by atoms with Crippen molar-refractivity contribution in [2.45, 2.75) is 20.4 Å². The van der Waals surface area contributed by atoms with Crippen molar-refractivity contribution in [3.8, 4) is 11.3 Å². The number of aromatic nitrogens is 1. The van der Waals surface area contributed by atoms with Crippen molar-refractivity contribution in [2.75, 3.05) is 0 Å². The molecule has 0 unspecified atom stereocenters. The quantitative estimate of drug-likeness (QED) is 0.914. The third-order valence-electron chi connectivity index (χ3n) is 2.99. The summed E-state index contributed by atoms with van der Waals surface area (Å²) in [4.78, 5) is 11.1. The van der Waals surface area contributed by atoms with Crippen LogP contribution in [0, 0.1) is 6.92 Å². The first-order chi connectivity index (χ1) is 8.54. The molecule has 0 saturated heterocycles. The van der Waals surface area contributed by atoms with Crippen LogP contribution in [0.2, 0.25) is 5.02 Å². The number of aryl methyl sites for hydroxylation is 1. The van der Waals surface area contributed by atoms with Gasteiger partial charge in [0, 0.05) is 22.8 Å². The van der Waals surface area contributed by atoms with Gasteiger partial charge in [0.05, 0.1) is 0 Å². The first-order valence-electron chi connectivity index (χ1n) is 5.74. The minimum atomic E-state index is -0.914. The van der Waals surface area contributed by atoms with E-state index in [4.69, 9.17) is 16.7 Å². The van der Waals surface area contributed by atoms with Crippen LogP contribution in [-0.2, 0) is 6.54 Å². The number of hydrogen-bond acceptors (Lipinski definition) is 1. The molecule has 3 nitrogen and oxygen atoms in total. The smallest absolute Gasteiger partial charge is 0.352 e. The Morgan fingerprint density at radius 1 is 1.33 bits per heavy atom. The largest absolute Gasteiger partial charge is 0.477 e. The zero-order chi connectivity index (χ0) is 13.3. The van der Waals surface area contributed by atoms with E-state index in [1.807, 2.05) is 38.1 Å². The summed E-state index contributed by atoms with van der Waals surface area (Å²) in [5.74, 6) is -0.914. The maximum atomic E-state index is 11.1. The number of hydrogen-bond donors (Lipinski definition) is 1. The Morgan fingerprint density at radius 3 is 2.67 bits per heavy atom. The summed E-state index contributed by atoms with van der Waals surface area (Å²) in [6, 6.07) is 9.08. The first-order valence-corrected chi connectivity index (χ1v) is 6.11. The summed E-state index contributed by atoms with van der Waals surface area (Å²) in [6.45, 7) is 4.52. The Kier molecular flexibility index (Phi) is 3.43. The molecular weight excluding hydrogens is 250 g/mol. The summed E-state index contributed by atoms with van der Waals surface area (Å²) in [7, 11) is 0. The Morgan fingerprint density at radius 2 is 2.06 bits per heavy atom. The number of halogens is 1. The van der Waals surface area contributed by atoms with Crippen molar-refractivity contribution in [3.05, 3.63) is 46.6 Å². The Hall–Kier alpha value is -1.74. The number of benzene rings is 1. The van der Waals surface area contributed by atoms with Crippen LogP contribution in [0.5, 0.6) is 0 Å². The molecule has 1 aromatic carbocycles. The minimum Gasteiger partial charge on any atom is -0.477 e. The molecule has 0 bridgehead atoms. The number of aromatic carboxylic acids is 1. The van der Waals surface area contributed by atoms with Gasteiger partial charge in [0.2, 0.25) is 0 Å². The SMILES string of the molecule is CCn1c(C(=O)O)ccc1-c1cc(Cl)ccc1C. The highest BCUT2D eigenvalue weighted by Gasteiger charge is 2.15. The maximum absolute atomic E-state index is 11.1. The summed E-state index contributed by atoms with van der Waals surface area (Å²) in [6.07, 6.45) is 0. The number of carbonyl (C=O) groups is 1. The van der Waals surface area contributed by atoms with Crippen LogP contribution in [0.25, 0.3) is 11.3 Å². The predicted octanol–water partition coefficient (Wildman–Crippen LogP) is 3.84. The summed E-state index contributed by atoms with van der Waals surface area (Å²) in [5, 5.41) is 9.78. The minimum absolute atomic E-state index is 0.298. The third kappa shape index (κ3) is 2.14. The van der Waals surface area contributed by atoms with Gasteiger partial charge in [-0.05, 0) is 43.7 Å². The number of carboxylic acid groups (broad SMARTS) is 1. The van der Waals surface area contributed by atoms with Crippen LogP contribution in [0.3, 0.4) is 0 Å². The van der Waals surface area contributed by atoms with E-state index in [0.717, 1.165) is 16.8 Å². The van der Waals surface area contributed by atoms with E-state index in [9.17, 15) is 4.79 Å². The number of rotatable bonds is 3. The van der Waals surface area contributed by atoms with Crippen LogP contribution in [-0.4, -0.2) is 15.6 Å². The van der Waals surface area contributed by atoms with Crippen LogP contribution in [0.1, 0.15) is 23.0 Å². The molecule has 2 rings (SSSR count). The first kappa shape index (κ1) is 12.7. The van der Waals surface area contributed by atoms with Crippen molar-refractivity contribution >= 4 is 17.6 Å². The van der Waals surface area contributed by atoms with Crippen LogP contribution < -0.4 is 0 Å². The normalized spacial score (nSPS) is 10.6. The molecule has 4 heteroatoms. The molecule has 1 heterocycles. The molecule has 0 radical (unpaired) electrons. The molecule has 0 aliphatic heterocycles. The van der Waals surface area contributed by atoms with E-state index in [2.05, 4.69) is 0 Å². The molecule has 0 fully saturated rings. The lowest BCUT2D eigenvalue weighted by atomic mass is 10.1. The maximum Gasteiger partial charge on any atom is 0.352 e. The van der Waals surface area contributed by atoms with Gasteiger partial charge in [-0.3, -0.25) is 0 Å². The average molecular weight is 264 g/mol. The second kappa shape index (κ2) is 4.86. The molecule has 18 heavy (non-hydrogen) atoms. The third-order valence-corrected chi connectivity index (χ3v) is 3.23. The Bertz CT molecular complexity index is 602. The Balaban J connectivity index is 2.64. The zero-order valence-electron chi connectivity index (χ0n) is 10.3. The van der Waals surface area contributed by atoms with Gasteiger partial charge in [-0.2, -0.15) is 0 Å². The van der Waals surface area contributed by atoms with Gasteiger partial charge >= 0.3 is 5.97 Å². The molecule has 0 aliphatic carbocycles. The topological polar surface area (TPSA) is 42.2 Å². The van der Waals surface area contributed by atoms with Crippen LogP contribution >= 0.6 is 11.6 Å². The van der Waals surface area contributed by atoms with E-state index < -0.39 is 5.97 Å². The second-order valence-corrected chi connectivity index (χ2v) is 4.55. The van der Waals surface area contributed by atoms with Crippen molar-refractivity contribution < 1.29 is 9.90 Å². The molecular formula is C14H14ClNO2. The van der Waals surface area contributed by atoms with Crippen LogP contribution in [0.15, 0.2) is 30.3 Å². The molecule has 94 valence electrons. The lowest BCUT2D eigenvalue weighted by Crippen LogP contribution is -2.08. The van der Waals surface area contributed by atoms with Crippen molar-refractivity contribution in [3.63, 3.8) is 0 Å².